The van der Waals surface area contributed by atoms with Crippen LogP contribution in [0.25, 0.3) is 12.2 Å². The van der Waals surface area contributed by atoms with Gasteiger partial charge in [-0.05, 0) is 41.5 Å². The van der Waals surface area contributed by atoms with Crippen LogP contribution in [0.15, 0.2) is 48.5 Å². The van der Waals surface area contributed by atoms with Gasteiger partial charge >= 0.3 is 0 Å². The van der Waals surface area contributed by atoms with Crippen molar-refractivity contribution in [2.24, 2.45) is 5.73 Å². The average Bonchev–Trinajstić information content (AvgIpc) is 2.82. The zero-order chi connectivity index (χ0) is 13.6. The smallest absolute Gasteiger partial charge is 0.0230 e. The summed E-state index contributed by atoms with van der Waals surface area (Å²) in [7, 11) is 0. The zero-order valence-electron chi connectivity index (χ0n) is 11.5. The van der Waals surface area contributed by atoms with Crippen molar-refractivity contribution in [1.82, 2.24) is 0 Å². The van der Waals surface area contributed by atoms with Crippen molar-refractivity contribution in [2.45, 2.75) is 30.7 Å². The molecule has 1 saturated carbocycles. The molecule has 2 aliphatic rings. The van der Waals surface area contributed by atoms with Crippen LogP contribution in [-0.4, -0.2) is 6.04 Å². The number of nitrogens with two attached hydrogens (primary N) is 1. The highest BCUT2D eigenvalue weighted by atomic mass is 14.7. The van der Waals surface area contributed by atoms with Gasteiger partial charge in [0.25, 0.3) is 0 Å². The summed E-state index contributed by atoms with van der Waals surface area (Å²) in [6.07, 6.45) is 7.84. The van der Waals surface area contributed by atoms with Crippen molar-refractivity contribution < 1.29 is 0 Å². The van der Waals surface area contributed by atoms with Crippen molar-refractivity contribution in [2.75, 3.05) is 0 Å². The highest BCUT2D eigenvalue weighted by molar-refractivity contribution is 5.77. The normalized spacial score (nSPS) is 22.4. The van der Waals surface area contributed by atoms with E-state index in [4.69, 9.17) is 5.73 Å². The molecule has 0 aliphatic heterocycles. The molecule has 1 heteroatoms. The predicted molar refractivity (Wildman–Crippen MR) is 84.4 cm³/mol. The summed E-state index contributed by atoms with van der Waals surface area (Å²) in [5, 5.41) is 0. The third-order valence-electron chi connectivity index (χ3n) is 4.95. The van der Waals surface area contributed by atoms with Crippen molar-refractivity contribution in [3.63, 3.8) is 0 Å². The average molecular weight is 261 g/mol. The standard InChI is InChI=1S/C19H19N/c20-16-11-12-19(13-16)17-7-3-1-5-14(17)9-10-15-6-2-4-8-18(15)19/h1-10,16H,11-13,20H2/t16-/m0/s1. The Hall–Kier alpha value is -1.86. The van der Waals surface area contributed by atoms with Gasteiger partial charge in [-0.25, -0.2) is 0 Å². The summed E-state index contributed by atoms with van der Waals surface area (Å²) in [5.74, 6) is 0. The molecule has 0 radical (unpaired) electrons. The van der Waals surface area contributed by atoms with E-state index in [-0.39, 0.29) is 5.41 Å². The van der Waals surface area contributed by atoms with E-state index in [9.17, 15) is 0 Å². The molecule has 0 bridgehead atoms. The van der Waals surface area contributed by atoms with Crippen molar-refractivity contribution in [3.05, 3.63) is 70.8 Å². The first-order valence-electron chi connectivity index (χ1n) is 7.42. The fourth-order valence-electron chi connectivity index (χ4n) is 4.05. The SMILES string of the molecule is N[C@H]1CCC2(C1)c1ccccc1C=Cc1ccccc12. The minimum atomic E-state index is 0.107. The van der Waals surface area contributed by atoms with Crippen LogP contribution >= 0.6 is 0 Å². The van der Waals surface area contributed by atoms with Crippen LogP contribution in [0.5, 0.6) is 0 Å². The van der Waals surface area contributed by atoms with E-state index in [1.807, 2.05) is 0 Å². The van der Waals surface area contributed by atoms with Gasteiger partial charge < -0.3 is 5.73 Å². The maximum Gasteiger partial charge on any atom is 0.0230 e. The van der Waals surface area contributed by atoms with Gasteiger partial charge in [-0.3, -0.25) is 0 Å². The molecule has 1 nitrogen and oxygen atoms in total. The molecule has 2 N–H and O–H groups in total. The van der Waals surface area contributed by atoms with E-state index < -0.39 is 0 Å². The molecule has 1 atom stereocenters. The molecule has 0 heterocycles. The summed E-state index contributed by atoms with van der Waals surface area (Å²) in [6, 6.07) is 17.9. The molecule has 2 aromatic rings. The predicted octanol–water partition coefficient (Wildman–Crippen LogP) is 3.97. The quantitative estimate of drug-likeness (QED) is 0.763. The Morgan fingerprint density at radius 2 is 1.40 bits per heavy atom. The largest absolute Gasteiger partial charge is 0.328 e. The molecule has 2 aromatic carbocycles. The molecule has 0 amide bonds. The molecule has 0 saturated heterocycles. The van der Waals surface area contributed by atoms with Gasteiger partial charge in [0, 0.05) is 11.5 Å². The van der Waals surface area contributed by atoms with Crippen molar-refractivity contribution in [1.29, 1.82) is 0 Å². The zero-order valence-corrected chi connectivity index (χ0v) is 11.5. The van der Waals surface area contributed by atoms with Crippen molar-refractivity contribution in [3.8, 4) is 0 Å². The Labute approximate surface area is 120 Å². The Kier molecular flexibility index (Phi) is 2.58. The van der Waals surface area contributed by atoms with Crippen LogP contribution in [0.2, 0.25) is 0 Å². The van der Waals surface area contributed by atoms with Crippen molar-refractivity contribution >= 4 is 12.2 Å². The van der Waals surface area contributed by atoms with Crippen LogP contribution in [0.1, 0.15) is 41.5 Å². The molecule has 2 aliphatic carbocycles. The third-order valence-corrected chi connectivity index (χ3v) is 4.95. The maximum absolute atomic E-state index is 6.29. The van der Waals surface area contributed by atoms with Gasteiger partial charge in [-0.15, -0.1) is 0 Å². The summed E-state index contributed by atoms with van der Waals surface area (Å²) in [6.45, 7) is 0. The lowest BCUT2D eigenvalue weighted by atomic mass is 9.71. The highest BCUT2D eigenvalue weighted by Crippen LogP contribution is 2.49. The first-order valence-corrected chi connectivity index (χ1v) is 7.42. The highest BCUT2D eigenvalue weighted by Gasteiger charge is 2.43. The van der Waals surface area contributed by atoms with Crippen LogP contribution in [0.3, 0.4) is 0 Å². The number of benzene rings is 2. The summed E-state index contributed by atoms with van der Waals surface area (Å²) >= 11 is 0. The molecule has 1 spiro atoms. The van der Waals surface area contributed by atoms with Gasteiger partial charge in [0.15, 0.2) is 0 Å². The Morgan fingerprint density at radius 3 is 1.90 bits per heavy atom. The fraction of sp³-hybridized carbons (Fsp3) is 0.263. The Bertz CT molecular complexity index is 634. The Balaban J connectivity index is 2.04. The molecular weight excluding hydrogens is 242 g/mol. The van der Waals surface area contributed by atoms with E-state index in [1.54, 1.807) is 0 Å². The molecule has 0 aromatic heterocycles. The van der Waals surface area contributed by atoms with E-state index in [0.717, 1.165) is 19.3 Å². The monoisotopic (exact) mass is 261 g/mol. The second kappa shape index (κ2) is 4.32. The van der Waals surface area contributed by atoms with E-state index in [0.29, 0.717) is 6.04 Å². The number of fused-ring (bicyclic) bond motifs is 4. The lowest BCUT2D eigenvalue weighted by molar-refractivity contribution is 0.523. The van der Waals surface area contributed by atoms with Gasteiger partial charge in [-0.2, -0.15) is 0 Å². The first-order chi connectivity index (χ1) is 9.79. The minimum Gasteiger partial charge on any atom is -0.328 e. The summed E-state index contributed by atoms with van der Waals surface area (Å²) < 4.78 is 0. The van der Waals surface area contributed by atoms with Gasteiger partial charge in [0.05, 0.1) is 0 Å². The van der Waals surface area contributed by atoms with E-state index >= 15 is 0 Å². The van der Waals surface area contributed by atoms with Crippen LogP contribution in [0, 0.1) is 0 Å². The van der Waals surface area contributed by atoms with Crippen LogP contribution in [0.4, 0.5) is 0 Å². The molecular formula is C19H19N. The van der Waals surface area contributed by atoms with Gasteiger partial charge in [0.2, 0.25) is 0 Å². The fourth-order valence-corrected chi connectivity index (χ4v) is 4.05. The van der Waals surface area contributed by atoms with E-state index in [2.05, 4.69) is 60.7 Å². The topological polar surface area (TPSA) is 26.0 Å². The molecule has 4 rings (SSSR count). The second-order valence-corrected chi connectivity index (χ2v) is 6.09. The van der Waals surface area contributed by atoms with Crippen LogP contribution in [-0.2, 0) is 5.41 Å². The minimum absolute atomic E-state index is 0.107. The number of hydrogen-bond acceptors (Lipinski definition) is 1. The molecule has 1 fully saturated rings. The molecule has 0 unspecified atom stereocenters. The number of rotatable bonds is 0. The summed E-state index contributed by atoms with van der Waals surface area (Å²) in [5.41, 5.74) is 12.0. The first kappa shape index (κ1) is 11.9. The third kappa shape index (κ3) is 1.60. The lowest BCUT2D eigenvalue weighted by Gasteiger charge is -2.32. The number of hydrogen-bond donors (Lipinski definition) is 1. The second-order valence-electron chi connectivity index (χ2n) is 6.09. The molecule has 100 valence electrons. The maximum atomic E-state index is 6.29. The van der Waals surface area contributed by atoms with Gasteiger partial charge in [0.1, 0.15) is 0 Å². The molecule has 20 heavy (non-hydrogen) atoms. The Morgan fingerprint density at radius 1 is 0.850 bits per heavy atom. The lowest BCUT2D eigenvalue weighted by Crippen LogP contribution is -2.28. The van der Waals surface area contributed by atoms with Gasteiger partial charge in [-0.1, -0.05) is 60.7 Å². The summed E-state index contributed by atoms with van der Waals surface area (Å²) in [4.78, 5) is 0. The van der Waals surface area contributed by atoms with E-state index in [1.165, 1.54) is 22.3 Å². The van der Waals surface area contributed by atoms with Crippen LogP contribution < -0.4 is 5.73 Å².